The lowest BCUT2D eigenvalue weighted by molar-refractivity contribution is -0.133. The van der Waals surface area contributed by atoms with Crippen LogP contribution in [-0.4, -0.2) is 78.7 Å². The summed E-state index contributed by atoms with van der Waals surface area (Å²) in [6, 6.07) is 9.05. The van der Waals surface area contributed by atoms with E-state index in [1.54, 1.807) is 24.1 Å². The van der Waals surface area contributed by atoms with Crippen molar-refractivity contribution >= 4 is 23.4 Å². The Bertz CT molecular complexity index is 902. The molecule has 30 heavy (non-hydrogen) atoms. The summed E-state index contributed by atoms with van der Waals surface area (Å²) in [5, 5.41) is 2.97. The highest BCUT2D eigenvalue weighted by atomic mass is 16.3. The maximum atomic E-state index is 12.5. The van der Waals surface area contributed by atoms with Gasteiger partial charge >= 0.3 is 0 Å². The zero-order valence-corrected chi connectivity index (χ0v) is 17.7. The molecule has 0 bridgehead atoms. The number of amides is 3. The molecule has 1 aromatic heterocycles. The second-order valence-electron chi connectivity index (χ2n) is 7.59. The number of furan rings is 1. The van der Waals surface area contributed by atoms with E-state index in [2.05, 4.69) is 5.32 Å². The molecule has 0 saturated carbocycles. The van der Waals surface area contributed by atoms with Crippen molar-refractivity contribution in [2.24, 2.45) is 0 Å². The molecule has 0 radical (unpaired) electrons. The first-order valence-corrected chi connectivity index (χ1v) is 10.0. The van der Waals surface area contributed by atoms with E-state index < -0.39 is 0 Å². The monoisotopic (exact) mass is 412 g/mol. The highest BCUT2D eigenvalue weighted by molar-refractivity contribution is 5.94. The van der Waals surface area contributed by atoms with Crippen LogP contribution in [0.25, 0.3) is 0 Å². The summed E-state index contributed by atoms with van der Waals surface area (Å²) in [5.41, 5.74) is 3.03. The van der Waals surface area contributed by atoms with Crippen molar-refractivity contribution in [3.63, 3.8) is 0 Å². The molecule has 2 aromatic rings. The molecule has 0 atom stereocenters. The van der Waals surface area contributed by atoms with E-state index in [0.29, 0.717) is 26.2 Å². The third-order valence-corrected chi connectivity index (χ3v) is 5.42. The number of hydrogen-bond acceptors (Lipinski definition) is 5. The first-order chi connectivity index (χ1) is 14.3. The summed E-state index contributed by atoms with van der Waals surface area (Å²) in [4.78, 5) is 42.2. The topological polar surface area (TPSA) is 86.1 Å². The van der Waals surface area contributed by atoms with E-state index in [9.17, 15) is 14.4 Å². The summed E-state index contributed by atoms with van der Waals surface area (Å²) in [6.45, 7) is 6.56. The molecule has 1 saturated heterocycles. The highest BCUT2D eigenvalue weighted by Crippen LogP contribution is 2.18. The first kappa shape index (κ1) is 21.6. The molecular formula is C22H28N4O4. The van der Waals surface area contributed by atoms with Crippen LogP contribution < -0.4 is 5.32 Å². The molecule has 1 aliphatic heterocycles. The highest BCUT2D eigenvalue weighted by Gasteiger charge is 2.25. The van der Waals surface area contributed by atoms with Gasteiger partial charge in [0, 0.05) is 38.9 Å². The number of nitrogens with one attached hydrogen (secondary N) is 1. The number of likely N-dealkylation sites (N-methyl/N-ethyl adjacent to an activating group) is 1. The summed E-state index contributed by atoms with van der Waals surface area (Å²) >= 11 is 0. The predicted octanol–water partition coefficient (Wildman–Crippen LogP) is 1.75. The molecule has 8 nitrogen and oxygen atoms in total. The number of anilines is 1. The number of carbonyl (C=O) groups is 3. The molecule has 8 heteroatoms. The average molecular weight is 412 g/mol. The van der Waals surface area contributed by atoms with E-state index in [1.807, 2.05) is 36.9 Å². The normalized spacial score (nSPS) is 14.4. The van der Waals surface area contributed by atoms with Gasteiger partial charge in [-0.2, -0.15) is 0 Å². The van der Waals surface area contributed by atoms with Gasteiger partial charge < -0.3 is 19.5 Å². The smallest absolute Gasteiger partial charge is 0.289 e. The largest absolute Gasteiger partial charge is 0.459 e. The van der Waals surface area contributed by atoms with E-state index >= 15 is 0 Å². The minimum absolute atomic E-state index is 0.00729. The van der Waals surface area contributed by atoms with Crippen LogP contribution in [0.5, 0.6) is 0 Å². The molecule has 3 amide bonds. The van der Waals surface area contributed by atoms with Crippen LogP contribution in [0, 0.1) is 13.8 Å². The minimum atomic E-state index is -0.324. The Morgan fingerprint density at radius 2 is 1.80 bits per heavy atom. The van der Waals surface area contributed by atoms with Crippen LogP contribution >= 0.6 is 0 Å². The minimum Gasteiger partial charge on any atom is -0.459 e. The van der Waals surface area contributed by atoms with Gasteiger partial charge in [-0.3, -0.25) is 19.3 Å². The fourth-order valence-electron chi connectivity index (χ4n) is 3.40. The number of piperazine rings is 1. The number of carbonyl (C=O) groups excluding carboxylic acids is 3. The van der Waals surface area contributed by atoms with Gasteiger partial charge in [-0.05, 0) is 43.2 Å². The van der Waals surface area contributed by atoms with E-state index in [0.717, 1.165) is 16.8 Å². The van der Waals surface area contributed by atoms with Crippen LogP contribution in [0.2, 0.25) is 0 Å². The lowest BCUT2D eigenvalue weighted by atomic mass is 10.1. The molecule has 3 rings (SSSR count). The number of aryl methyl sites for hydroxylation is 1. The van der Waals surface area contributed by atoms with Gasteiger partial charge in [0.15, 0.2) is 5.76 Å². The van der Waals surface area contributed by atoms with E-state index in [1.165, 1.54) is 11.2 Å². The molecule has 2 heterocycles. The van der Waals surface area contributed by atoms with Crippen LogP contribution in [0.3, 0.4) is 0 Å². The Hall–Kier alpha value is -3.13. The van der Waals surface area contributed by atoms with Gasteiger partial charge in [-0.25, -0.2) is 0 Å². The van der Waals surface area contributed by atoms with Gasteiger partial charge in [0.2, 0.25) is 11.8 Å². The van der Waals surface area contributed by atoms with Crippen molar-refractivity contribution in [3.05, 3.63) is 53.5 Å². The van der Waals surface area contributed by atoms with Gasteiger partial charge in [0.25, 0.3) is 5.91 Å². The molecule has 0 spiro atoms. The summed E-state index contributed by atoms with van der Waals surface area (Å²) in [6.07, 6.45) is 1.43. The molecule has 0 aliphatic carbocycles. The molecular weight excluding hydrogens is 384 g/mol. The van der Waals surface area contributed by atoms with Crippen molar-refractivity contribution in [1.82, 2.24) is 14.7 Å². The van der Waals surface area contributed by atoms with E-state index in [4.69, 9.17) is 4.42 Å². The molecule has 0 unspecified atom stereocenters. The Morgan fingerprint density at radius 1 is 1.07 bits per heavy atom. The lowest BCUT2D eigenvalue weighted by Crippen LogP contribution is -2.52. The maximum absolute atomic E-state index is 12.5. The van der Waals surface area contributed by atoms with Gasteiger partial charge in [0.05, 0.1) is 19.4 Å². The quantitative estimate of drug-likeness (QED) is 0.781. The van der Waals surface area contributed by atoms with Crippen molar-refractivity contribution in [3.8, 4) is 0 Å². The number of benzene rings is 1. The zero-order chi connectivity index (χ0) is 21.7. The predicted molar refractivity (Wildman–Crippen MR) is 113 cm³/mol. The Kier molecular flexibility index (Phi) is 6.89. The van der Waals surface area contributed by atoms with Gasteiger partial charge in [-0.1, -0.05) is 12.1 Å². The number of rotatable bonds is 6. The SMILES string of the molecule is Cc1cccc(NC(=O)CN2CCN(C(=O)CN(C)C(=O)c3ccco3)CC2)c1C. The lowest BCUT2D eigenvalue weighted by Gasteiger charge is -2.35. The van der Waals surface area contributed by atoms with Crippen molar-refractivity contribution in [2.45, 2.75) is 13.8 Å². The van der Waals surface area contributed by atoms with Gasteiger partial charge in [-0.15, -0.1) is 0 Å². The van der Waals surface area contributed by atoms with Gasteiger partial charge in [0.1, 0.15) is 0 Å². The summed E-state index contributed by atoms with van der Waals surface area (Å²) < 4.78 is 5.09. The third kappa shape index (κ3) is 5.27. The number of hydrogen-bond donors (Lipinski definition) is 1. The molecule has 160 valence electrons. The van der Waals surface area contributed by atoms with Crippen molar-refractivity contribution < 1.29 is 18.8 Å². The third-order valence-electron chi connectivity index (χ3n) is 5.42. The van der Waals surface area contributed by atoms with Crippen molar-refractivity contribution in [1.29, 1.82) is 0 Å². The van der Waals surface area contributed by atoms with Crippen LogP contribution in [0.1, 0.15) is 21.7 Å². The van der Waals surface area contributed by atoms with Crippen LogP contribution in [0.4, 0.5) is 5.69 Å². The fourth-order valence-corrected chi connectivity index (χ4v) is 3.40. The molecule has 1 aliphatic rings. The Labute approximate surface area is 176 Å². The number of nitrogens with zero attached hydrogens (tertiary/aromatic N) is 3. The second-order valence-corrected chi connectivity index (χ2v) is 7.59. The van der Waals surface area contributed by atoms with Crippen LogP contribution in [0.15, 0.2) is 41.0 Å². The summed E-state index contributed by atoms with van der Waals surface area (Å²) in [7, 11) is 1.58. The molecule has 1 fully saturated rings. The Morgan fingerprint density at radius 3 is 2.47 bits per heavy atom. The van der Waals surface area contributed by atoms with Crippen LogP contribution in [-0.2, 0) is 9.59 Å². The standard InChI is InChI=1S/C22H28N4O4/c1-16-6-4-7-18(17(16)2)23-20(27)14-25-9-11-26(12-10-25)21(28)15-24(3)22(29)19-8-5-13-30-19/h4-8,13H,9-12,14-15H2,1-3H3,(H,23,27). The van der Waals surface area contributed by atoms with Crippen molar-refractivity contribution in [2.75, 3.05) is 51.6 Å². The first-order valence-electron chi connectivity index (χ1n) is 10.0. The Balaban J connectivity index is 1.44. The zero-order valence-electron chi connectivity index (χ0n) is 17.7. The maximum Gasteiger partial charge on any atom is 0.289 e. The fraction of sp³-hybridized carbons (Fsp3) is 0.409. The molecule has 1 N–H and O–H groups in total. The van der Waals surface area contributed by atoms with E-state index in [-0.39, 0.29) is 36.6 Å². The summed E-state index contributed by atoms with van der Waals surface area (Å²) in [5.74, 6) is -0.288. The average Bonchev–Trinajstić information content (AvgIpc) is 3.26. The second kappa shape index (κ2) is 9.58. The molecule has 1 aromatic carbocycles.